The average molecular weight is 229 g/mol. The maximum absolute atomic E-state index is 11.9. The molecule has 0 unspecified atom stereocenters. The molecule has 0 saturated carbocycles. The summed E-state index contributed by atoms with van der Waals surface area (Å²) in [6.07, 6.45) is 4.79. The number of nitrogens with one attached hydrogen (secondary N) is 2. The Morgan fingerprint density at radius 3 is 3.12 bits per heavy atom. The number of fused-ring (bicyclic) bond motifs is 1. The van der Waals surface area contributed by atoms with Crippen LogP contribution in [0.4, 0.5) is 5.82 Å². The summed E-state index contributed by atoms with van der Waals surface area (Å²) >= 11 is 0. The van der Waals surface area contributed by atoms with Crippen LogP contribution in [0.15, 0.2) is 23.4 Å². The molecule has 0 spiro atoms. The quantitative estimate of drug-likeness (QED) is 0.747. The van der Waals surface area contributed by atoms with Crippen LogP contribution in [0.3, 0.4) is 0 Å². The largest absolute Gasteiger partial charge is 0.370 e. The highest BCUT2D eigenvalue weighted by Gasteiger charge is 2.15. The van der Waals surface area contributed by atoms with Crippen LogP contribution < -0.4 is 10.9 Å². The molecule has 0 aliphatic carbocycles. The zero-order chi connectivity index (χ0) is 11.7. The first-order chi connectivity index (χ1) is 8.34. The van der Waals surface area contributed by atoms with Gasteiger partial charge in [-0.3, -0.25) is 4.79 Å². The lowest BCUT2D eigenvalue weighted by Crippen LogP contribution is -2.24. The predicted octanol–water partition coefficient (Wildman–Crippen LogP) is 0.585. The summed E-state index contributed by atoms with van der Waals surface area (Å²) in [4.78, 5) is 26.9. The first-order valence-electron chi connectivity index (χ1n) is 5.48. The van der Waals surface area contributed by atoms with E-state index in [0.717, 1.165) is 24.9 Å². The highest BCUT2D eigenvalue weighted by Crippen LogP contribution is 2.18. The van der Waals surface area contributed by atoms with Crippen molar-refractivity contribution in [2.45, 2.75) is 12.8 Å². The van der Waals surface area contributed by atoms with Crippen molar-refractivity contribution in [3.63, 3.8) is 0 Å². The van der Waals surface area contributed by atoms with Gasteiger partial charge in [-0.15, -0.1) is 0 Å². The fourth-order valence-electron chi connectivity index (χ4n) is 1.90. The second-order valence-corrected chi connectivity index (χ2v) is 3.87. The Morgan fingerprint density at radius 2 is 2.29 bits per heavy atom. The van der Waals surface area contributed by atoms with Gasteiger partial charge in [0, 0.05) is 12.7 Å². The molecule has 0 radical (unpaired) electrons. The summed E-state index contributed by atoms with van der Waals surface area (Å²) in [6, 6.07) is 1.72. The molecule has 3 rings (SSSR count). The number of aromatic amines is 1. The van der Waals surface area contributed by atoms with Crippen LogP contribution >= 0.6 is 0 Å². The van der Waals surface area contributed by atoms with Crippen LogP contribution in [0.1, 0.15) is 12.0 Å². The van der Waals surface area contributed by atoms with Crippen LogP contribution in [-0.2, 0) is 6.42 Å². The first kappa shape index (κ1) is 9.95. The maximum Gasteiger partial charge on any atom is 0.256 e. The molecule has 0 amide bonds. The Balaban J connectivity index is 2.14. The summed E-state index contributed by atoms with van der Waals surface area (Å²) in [5.74, 6) is 1.15. The van der Waals surface area contributed by atoms with Gasteiger partial charge in [0.2, 0.25) is 0 Å². The molecule has 1 aliphatic heterocycles. The number of hydrogen-bond acceptors (Lipinski definition) is 5. The van der Waals surface area contributed by atoms with E-state index in [1.54, 1.807) is 12.3 Å². The molecule has 1 aliphatic rings. The molecule has 6 nitrogen and oxygen atoms in total. The van der Waals surface area contributed by atoms with Gasteiger partial charge in [-0.25, -0.2) is 15.0 Å². The van der Waals surface area contributed by atoms with Gasteiger partial charge in [0.1, 0.15) is 17.8 Å². The number of hydrogen-bond donors (Lipinski definition) is 2. The van der Waals surface area contributed by atoms with E-state index in [2.05, 4.69) is 25.3 Å². The van der Waals surface area contributed by atoms with Gasteiger partial charge in [0.25, 0.3) is 5.56 Å². The predicted molar refractivity (Wildman–Crippen MR) is 62.7 cm³/mol. The molecular weight excluding hydrogens is 218 g/mol. The first-order valence-corrected chi connectivity index (χ1v) is 5.48. The number of aromatic nitrogens is 4. The van der Waals surface area contributed by atoms with Crippen molar-refractivity contribution < 1.29 is 0 Å². The van der Waals surface area contributed by atoms with E-state index >= 15 is 0 Å². The van der Waals surface area contributed by atoms with E-state index in [4.69, 9.17) is 0 Å². The lowest BCUT2D eigenvalue weighted by molar-refractivity contribution is 0.799. The van der Waals surface area contributed by atoms with Gasteiger partial charge in [-0.2, -0.15) is 0 Å². The standard InChI is InChI=1S/C11H11N5O/c17-11-7-2-1-4-13-9(7)15-10(16-11)8-3-5-12-6-14-8/h3,5-6H,1-2,4H2,(H2,13,15,16,17). The molecule has 0 bridgehead atoms. The van der Waals surface area contributed by atoms with Gasteiger partial charge in [-0.05, 0) is 18.9 Å². The van der Waals surface area contributed by atoms with Crippen molar-refractivity contribution in [3.8, 4) is 11.5 Å². The monoisotopic (exact) mass is 229 g/mol. The second-order valence-electron chi connectivity index (χ2n) is 3.87. The SMILES string of the molecule is O=c1[nH]c(-c2ccncn2)nc2c1CCCN2. The third-order valence-electron chi connectivity index (χ3n) is 2.74. The number of anilines is 1. The zero-order valence-corrected chi connectivity index (χ0v) is 9.10. The minimum atomic E-state index is -0.0872. The molecule has 2 N–H and O–H groups in total. The third kappa shape index (κ3) is 1.77. The molecule has 0 atom stereocenters. The number of nitrogens with zero attached hydrogens (tertiary/aromatic N) is 3. The Hall–Kier alpha value is -2.24. The van der Waals surface area contributed by atoms with Crippen LogP contribution in [0.25, 0.3) is 11.5 Å². The lowest BCUT2D eigenvalue weighted by Gasteiger charge is -2.16. The lowest BCUT2D eigenvalue weighted by atomic mass is 10.1. The normalized spacial score (nSPS) is 13.9. The Bertz CT molecular complexity index is 593. The third-order valence-corrected chi connectivity index (χ3v) is 2.74. The van der Waals surface area contributed by atoms with Crippen molar-refractivity contribution in [1.29, 1.82) is 0 Å². The molecule has 0 fully saturated rings. The summed E-state index contributed by atoms with van der Waals surface area (Å²) in [7, 11) is 0. The van der Waals surface area contributed by atoms with Crippen LogP contribution in [-0.4, -0.2) is 26.5 Å². The van der Waals surface area contributed by atoms with Crippen molar-refractivity contribution >= 4 is 5.82 Å². The molecule has 2 aromatic rings. The van der Waals surface area contributed by atoms with Gasteiger partial charge >= 0.3 is 0 Å². The van der Waals surface area contributed by atoms with Crippen molar-refractivity contribution in [1.82, 2.24) is 19.9 Å². The van der Waals surface area contributed by atoms with Crippen LogP contribution in [0, 0.1) is 0 Å². The Labute approximate surface area is 97.2 Å². The summed E-state index contributed by atoms with van der Waals surface area (Å²) in [5, 5.41) is 3.14. The molecule has 0 aromatic carbocycles. The zero-order valence-electron chi connectivity index (χ0n) is 9.10. The van der Waals surface area contributed by atoms with Crippen molar-refractivity contribution in [3.05, 3.63) is 34.5 Å². The smallest absolute Gasteiger partial charge is 0.256 e. The van der Waals surface area contributed by atoms with E-state index in [9.17, 15) is 4.79 Å². The van der Waals surface area contributed by atoms with E-state index < -0.39 is 0 Å². The second kappa shape index (κ2) is 3.97. The summed E-state index contributed by atoms with van der Waals surface area (Å²) in [5.41, 5.74) is 1.26. The van der Waals surface area contributed by atoms with Crippen molar-refractivity contribution in [2.24, 2.45) is 0 Å². The number of rotatable bonds is 1. The fourth-order valence-corrected chi connectivity index (χ4v) is 1.90. The minimum Gasteiger partial charge on any atom is -0.370 e. The van der Waals surface area contributed by atoms with E-state index in [1.807, 2.05) is 0 Å². The molecule has 0 saturated heterocycles. The molecule has 2 aromatic heterocycles. The summed E-state index contributed by atoms with van der Waals surface area (Å²) in [6.45, 7) is 0.854. The van der Waals surface area contributed by atoms with E-state index in [-0.39, 0.29) is 5.56 Å². The van der Waals surface area contributed by atoms with Crippen LogP contribution in [0.5, 0.6) is 0 Å². The molecule has 86 valence electrons. The van der Waals surface area contributed by atoms with Gasteiger partial charge in [-0.1, -0.05) is 0 Å². The number of H-pyrrole nitrogens is 1. The van der Waals surface area contributed by atoms with Crippen LogP contribution in [0.2, 0.25) is 0 Å². The Morgan fingerprint density at radius 1 is 1.35 bits per heavy atom. The minimum absolute atomic E-state index is 0.0872. The van der Waals surface area contributed by atoms with E-state index in [0.29, 0.717) is 17.3 Å². The fraction of sp³-hybridized carbons (Fsp3) is 0.273. The van der Waals surface area contributed by atoms with E-state index in [1.165, 1.54) is 6.33 Å². The van der Waals surface area contributed by atoms with Gasteiger partial charge in [0.15, 0.2) is 5.82 Å². The highest BCUT2D eigenvalue weighted by atomic mass is 16.1. The van der Waals surface area contributed by atoms with Crippen molar-refractivity contribution in [2.75, 3.05) is 11.9 Å². The average Bonchev–Trinajstić information content (AvgIpc) is 2.40. The van der Waals surface area contributed by atoms with Gasteiger partial charge in [0.05, 0.1) is 5.56 Å². The molecule has 3 heterocycles. The maximum atomic E-state index is 11.9. The Kier molecular flexibility index (Phi) is 2.32. The molecular formula is C11H11N5O. The molecule has 17 heavy (non-hydrogen) atoms. The topological polar surface area (TPSA) is 83.6 Å². The summed E-state index contributed by atoms with van der Waals surface area (Å²) < 4.78 is 0. The molecule has 6 heteroatoms. The van der Waals surface area contributed by atoms with Gasteiger partial charge < -0.3 is 10.3 Å². The highest BCUT2D eigenvalue weighted by molar-refractivity contribution is 5.54.